The van der Waals surface area contributed by atoms with Crippen LogP contribution in [0.25, 0.3) is 11.2 Å². The van der Waals surface area contributed by atoms with Crippen LogP contribution < -0.4 is 16.0 Å². The first kappa shape index (κ1) is 17.7. The molecule has 3 rings (SSSR count). The molecule has 0 atom stereocenters. The molecule has 11 heteroatoms. The molecule has 0 bridgehead atoms. The van der Waals surface area contributed by atoms with Crippen LogP contribution in [0.3, 0.4) is 0 Å². The average molecular weight is 380 g/mol. The molecule has 0 aliphatic rings. The number of nitro groups is 1. The highest BCUT2D eigenvalue weighted by molar-refractivity contribution is 6.32. The third-order valence-corrected chi connectivity index (χ3v) is 4.20. The van der Waals surface area contributed by atoms with Gasteiger partial charge in [-0.2, -0.15) is 0 Å². The van der Waals surface area contributed by atoms with Crippen molar-refractivity contribution in [3.63, 3.8) is 0 Å². The molecule has 0 fully saturated rings. The van der Waals surface area contributed by atoms with E-state index in [1.807, 2.05) is 0 Å². The lowest BCUT2D eigenvalue weighted by Crippen LogP contribution is -2.37. The molecule has 0 aliphatic carbocycles. The third kappa shape index (κ3) is 2.84. The second-order valence-corrected chi connectivity index (χ2v) is 5.88. The van der Waals surface area contributed by atoms with E-state index >= 15 is 0 Å². The summed E-state index contributed by atoms with van der Waals surface area (Å²) in [5.41, 5.74) is -1.39. The van der Waals surface area contributed by atoms with Crippen molar-refractivity contribution in [3.05, 3.63) is 60.2 Å². The monoisotopic (exact) mass is 379 g/mol. The van der Waals surface area contributed by atoms with Gasteiger partial charge in [0.05, 0.1) is 5.02 Å². The first-order valence-corrected chi connectivity index (χ1v) is 7.88. The van der Waals surface area contributed by atoms with E-state index in [9.17, 15) is 19.7 Å². The van der Waals surface area contributed by atoms with Crippen molar-refractivity contribution < 1.29 is 9.66 Å². The molecule has 0 aliphatic heterocycles. The molecular formula is C15H14ClN5O5. The summed E-state index contributed by atoms with van der Waals surface area (Å²) in [6.45, 7) is 0.0257. The zero-order chi connectivity index (χ0) is 19.0. The highest BCUT2D eigenvalue weighted by Crippen LogP contribution is 2.23. The number of nitrogens with zero attached hydrogens (tertiary/aromatic N) is 5. The number of aryl methyl sites for hydroxylation is 1. The maximum Gasteiger partial charge on any atom is 0.437 e. The van der Waals surface area contributed by atoms with Crippen LogP contribution in [0.1, 0.15) is 0 Å². The smallest absolute Gasteiger partial charge is 0.437 e. The van der Waals surface area contributed by atoms with Gasteiger partial charge < -0.3 is 14.9 Å². The number of hydrogen-bond acceptors (Lipinski definition) is 6. The van der Waals surface area contributed by atoms with Crippen molar-refractivity contribution in [1.82, 2.24) is 18.7 Å². The second kappa shape index (κ2) is 6.64. The maximum absolute atomic E-state index is 12.2. The molecule has 10 nitrogen and oxygen atoms in total. The Bertz CT molecular complexity index is 1130. The molecule has 0 saturated heterocycles. The SMILES string of the molecule is Cn1c(=O)c2nc([N+](=O)[O-])n(CCOc3ccccc3Cl)c2n(C)c1=O. The first-order valence-electron chi connectivity index (χ1n) is 7.51. The molecule has 1 aromatic carbocycles. The molecule has 136 valence electrons. The molecule has 0 spiro atoms. The predicted octanol–water partition coefficient (Wildman–Crippen LogP) is 1.07. The summed E-state index contributed by atoms with van der Waals surface area (Å²) >= 11 is 6.00. The molecule has 0 saturated carbocycles. The van der Waals surface area contributed by atoms with Crippen molar-refractivity contribution in [2.24, 2.45) is 14.1 Å². The van der Waals surface area contributed by atoms with Gasteiger partial charge in [-0.15, -0.1) is 0 Å². The summed E-state index contributed by atoms with van der Waals surface area (Å²) < 4.78 is 8.72. The molecule has 2 heterocycles. The number of aromatic nitrogens is 4. The first-order chi connectivity index (χ1) is 12.3. The van der Waals surface area contributed by atoms with E-state index in [1.54, 1.807) is 24.3 Å². The summed E-state index contributed by atoms with van der Waals surface area (Å²) in [7, 11) is 2.70. The van der Waals surface area contributed by atoms with Gasteiger partial charge >= 0.3 is 17.2 Å². The number of imidazole rings is 1. The molecule has 0 unspecified atom stereocenters. The Morgan fingerprint density at radius 2 is 1.92 bits per heavy atom. The van der Waals surface area contributed by atoms with Crippen molar-refractivity contribution in [3.8, 4) is 5.75 Å². The Morgan fingerprint density at radius 1 is 1.23 bits per heavy atom. The average Bonchev–Trinajstić information content (AvgIpc) is 3.00. The number of ether oxygens (including phenoxy) is 1. The fourth-order valence-electron chi connectivity index (χ4n) is 2.63. The van der Waals surface area contributed by atoms with Crippen molar-refractivity contribution in [2.45, 2.75) is 6.54 Å². The number of rotatable bonds is 5. The van der Waals surface area contributed by atoms with Gasteiger partial charge in [0.15, 0.2) is 0 Å². The zero-order valence-corrected chi connectivity index (χ0v) is 14.6. The molecule has 3 aromatic rings. The van der Waals surface area contributed by atoms with Gasteiger partial charge in [0.2, 0.25) is 5.65 Å². The normalized spacial score (nSPS) is 11.0. The van der Waals surface area contributed by atoms with E-state index in [0.29, 0.717) is 10.8 Å². The van der Waals surface area contributed by atoms with Crippen LogP contribution in [0.15, 0.2) is 33.9 Å². The summed E-state index contributed by atoms with van der Waals surface area (Å²) in [4.78, 5) is 38.8. The Morgan fingerprint density at radius 3 is 2.58 bits per heavy atom. The summed E-state index contributed by atoms with van der Waals surface area (Å²) in [6, 6.07) is 6.80. The van der Waals surface area contributed by atoms with Gasteiger partial charge in [-0.3, -0.25) is 13.9 Å². The number of hydrogen-bond donors (Lipinski definition) is 0. The van der Waals surface area contributed by atoms with Gasteiger partial charge in [0.1, 0.15) is 18.9 Å². The molecule has 26 heavy (non-hydrogen) atoms. The van der Waals surface area contributed by atoms with E-state index in [2.05, 4.69) is 4.98 Å². The van der Waals surface area contributed by atoms with E-state index in [-0.39, 0.29) is 24.3 Å². The fourth-order valence-corrected chi connectivity index (χ4v) is 2.82. The molecule has 0 N–H and O–H groups in total. The van der Waals surface area contributed by atoms with Crippen LogP contribution in [-0.4, -0.2) is 30.2 Å². The predicted molar refractivity (Wildman–Crippen MR) is 93.8 cm³/mol. The summed E-state index contributed by atoms with van der Waals surface area (Å²) in [5, 5.41) is 11.7. The molecule has 0 amide bonds. The molecular weight excluding hydrogens is 366 g/mol. The Kier molecular flexibility index (Phi) is 4.51. The number of halogens is 1. The quantitative estimate of drug-likeness (QED) is 0.484. The van der Waals surface area contributed by atoms with Gasteiger partial charge in [-0.05, 0) is 17.1 Å². The van der Waals surface area contributed by atoms with Crippen LogP contribution in [0.5, 0.6) is 5.75 Å². The number of fused-ring (bicyclic) bond motifs is 1. The van der Waals surface area contributed by atoms with E-state index in [0.717, 1.165) is 9.13 Å². The van der Waals surface area contributed by atoms with Crippen molar-refractivity contribution in [1.29, 1.82) is 0 Å². The third-order valence-electron chi connectivity index (χ3n) is 3.89. The Balaban J connectivity index is 2.05. The highest BCUT2D eigenvalue weighted by atomic mass is 35.5. The number of para-hydroxylation sites is 1. The van der Waals surface area contributed by atoms with E-state index < -0.39 is 22.1 Å². The summed E-state index contributed by atoms with van der Waals surface area (Å²) in [6.07, 6.45) is 0. The molecule has 2 aromatic heterocycles. The van der Waals surface area contributed by atoms with Gasteiger partial charge in [-0.25, -0.2) is 9.36 Å². The maximum atomic E-state index is 12.2. The van der Waals surface area contributed by atoms with E-state index in [1.165, 1.54) is 18.7 Å². The number of benzene rings is 1. The van der Waals surface area contributed by atoms with Crippen molar-refractivity contribution in [2.75, 3.05) is 6.61 Å². The molecule has 0 radical (unpaired) electrons. The highest BCUT2D eigenvalue weighted by Gasteiger charge is 2.27. The largest absolute Gasteiger partial charge is 0.489 e. The standard InChI is InChI=1S/C15H14ClN5O5/c1-18-12-11(13(22)19(2)15(18)23)17-14(21(24)25)20(12)7-8-26-10-6-4-3-5-9(10)16/h3-6H,7-8H2,1-2H3. The van der Waals surface area contributed by atoms with Gasteiger partial charge in [-0.1, -0.05) is 28.7 Å². The Hall–Kier alpha value is -3.14. The van der Waals surface area contributed by atoms with Gasteiger partial charge in [0, 0.05) is 14.1 Å². The van der Waals surface area contributed by atoms with Crippen LogP contribution in [0.4, 0.5) is 5.95 Å². The van der Waals surface area contributed by atoms with E-state index in [4.69, 9.17) is 16.3 Å². The minimum Gasteiger partial charge on any atom is -0.489 e. The van der Waals surface area contributed by atoms with Crippen molar-refractivity contribution >= 4 is 28.7 Å². The topological polar surface area (TPSA) is 114 Å². The van der Waals surface area contributed by atoms with Crippen LogP contribution in [0.2, 0.25) is 5.02 Å². The second-order valence-electron chi connectivity index (χ2n) is 5.48. The minimum absolute atomic E-state index is 0.00150. The lowest BCUT2D eigenvalue weighted by molar-refractivity contribution is -0.396. The summed E-state index contributed by atoms with van der Waals surface area (Å²) in [5.74, 6) is -0.118. The Labute approximate surface area is 151 Å². The van der Waals surface area contributed by atoms with Crippen LogP contribution in [-0.2, 0) is 20.6 Å². The minimum atomic E-state index is -0.709. The van der Waals surface area contributed by atoms with Gasteiger partial charge in [0.25, 0.3) is 5.52 Å². The van der Waals surface area contributed by atoms with Crippen LogP contribution in [0, 0.1) is 10.1 Å². The lowest BCUT2D eigenvalue weighted by atomic mass is 10.3. The fraction of sp³-hybridized carbons (Fsp3) is 0.267. The van der Waals surface area contributed by atoms with Crippen LogP contribution >= 0.6 is 11.6 Å². The lowest BCUT2D eigenvalue weighted by Gasteiger charge is -2.09. The zero-order valence-electron chi connectivity index (χ0n) is 13.9.